The molecule has 2 aliphatic heterocycles. The van der Waals surface area contributed by atoms with Crippen molar-refractivity contribution in [1.82, 2.24) is 4.31 Å². The van der Waals surface area contributed by atoms with Gasteiger partial charge in [-0.1, -0.05) is 6.07 Å². The zero-order chi connectivity index (χ0) is 23.0. The second-order valence-corrected chi connectivity index (χ2v) is 10.6. The van der Waals surface area contributed by atoms with Crippen LogP contribution in [0.15, 0.2) is 47.4 Å². The minimum absolute atomic E-state index is 0.0753. The second-order valence-electron chi connectivity index (χ2n) is 8.47. The third-order valence-electron chi connectivity index (χ3n) is 6.21. The van der Waals surface area contributed by atoms with Crippen molar-refractivity contribution in [2.75, 3.05) is 49.5 Å². The Morgan fingerprint density at radius 2 is 1.72 bits per heavy atom. The van der Waals surface area contributed by atoms with E-state index in [4.69, 9.17) is 4.74 Å². The van der Waals surface area contributed by atoms with Gasteiger partial charge in [0, 0.05) is 51.8 Å². The van der Waals surface area contributed by atoms with E-state index in [9.17, 15) is 13.2 Å². The molecule has 2 aromatic rings. The zero-order valence-electron chi connectivity index (χ0n) is 18.9. The van der Waals surface area contributed by atoms with Crippen LogP contribution in [0.25, 0.3) is 0 Å². The molecule has 0 radical (unpaired) electrons. The Balaban J connectivity index is 1.69. The smallest absolute Gasteiger partial charge is 0.249 e. The van der Waals surface area contributed by atoms with Crippen molar-refractivity contribution >= 4 is 38.7 Å². The van der Waals surface area contributed by atoms with Gasteiger partial charge in [0.1, 0.15) is 6.04 Å². The largest absolute Gasteiger partial charge is 0.381 e. The van der Waals surface area contributed by atoms with Gasteiger partial charge < -0.3 is 19.9 Å². The molecule has 1 saturated heterocycles. The number of carbonyl (C=O) groups excluding carboxylic acids is 1. The summed E-state index contributed by atoms with van der Waals surface area (Å²) in [4.78, 5) is 17.0. The van der Waals surface area contributed by atoms with Crippen LogP contribution in [-0.2, 0) is 19.6 Å². The van der Waals surface area contributed by atoms with Gasteiger partial charge in [0.15, 0.2) is 0 Å². The molecule has 0 bridgehead atoms. The van der Waals surface area contributed by atoms with E-state index < -0.39 is 10.0 Å². The summed E-state index contributed by atoms with van der Waals surface area (Å²) in [5.74, 6) is 0.0753. The number of hydrogen-bond donors (Lipinski definition) is 1. The summed E-state index contributed by atoms with van der Waals surface area (Å²) in [6.07, 6.45) is 1.76. The number of ether oxygens (including phenoxy) is 1. The maximum absolute atomic E-state index is 12.9. The molecule has 4 rings (SSSR count). The SMILES string of the molecule is C[C@@H]1C(=O)N(C)c2ccc(Nc3cccc(S(=O)(=O)N(C)C)c3)cc2N1C1CCOCC1. The van der Waals surface area contributed by atoms with Crippen molar-refractivity contribution in [3.05, 3.63) is 42.5 Å². The van der Waals surface area contributed by atoms with Gasteiger partial charge in [0.25, 0.3) is 0 Å². The lowest BCUT2D eigenvalue weighted by Crippen LogP contribution is -2.55. The van der Waals surface area contributed by atoms with Crippen LogP contribution in [0, 0.1) is 0 Å². The highest BCUT2D eigenvalue weighted by molar-refractivity contribution is 7.89. The molecule has 0 aromatic heterocycles. The molecule has 8 nitrogen and oxygen atoms in total. The summed E-state index contributed by atoms with van der Waals surface area (Å²) in [5.41, 5.74) is 3.37. The van der Waals surface area contributed by atoms with Crippen molar-refractivity contribution in [1.29, 1.82) is 0 Å². The first-order valence-electron chi connectivity index (χ1n) is 10.8. The van der Waals surface area contributed by atoms with Gasteiger partial charge >= 0.3 is 0 Å². The van der Waals surface area contributed by atoms with Crippen LogP contribution in [0.1, 0.15) is 19.8 Å². The fourth-order valence-corrected chi connectivity index (χ4v) is 5.35. The third kappa shape index (κ3) is 4.07. The van der Waals surface area contributed by atoms with Gasteiger partial charge in [0.05, 0.1) is 16.3 Å². The van der Waals surface area contributed by atoms with Gasteiger partial charge in [-0.3, -0.25) is 4.79 Å². The number of anilines is 4. The lowest BCUT2D eigenvalue weighted by Gasteiger charge is -2.45. The van der Waals surface area contributed by atoms with Crippen molar-refractivity contribution in [3.63, 3.8) is 0 Å². The number of carbonyl (C=O) groups is 1. The van der Waals surface area contributed by atoms with E-state index in [0.717, 1.165) is 29.9 Å². The van der Waals surface area contributed by atoms with Gasteiger partial charge in [-0.25, -0.2) is 12.7 Å². The minimum Gasteiger partial charge on any atom is -0.381 e. The predicted octanol–water partition coefficient (Wildman–Crippen LogP) is 3.03. The zero-order valence-corrected chi connectivity index (χ0v) is 19.7. The first-order chi connectivity index (χ1) is 15.2. The molecule has 1 N–H and O–H groups in total. The topological polar surface area (TPSA) is 82.2 Å². The minimum atomic E-state index is -3.52. The van der Waals surface area contributed by atoms with E-state index in [2.05, 4.69) is 10.2 Å². The van der Waals surface area contributed by atoms with Crippen LogP contribution in [-0.4, -0.2) is 65.1 Å². The molecule has 2 heterocycles. The number of benzene rings is 2. The summed E-state index contributed by atoms with van der Waals surface area (Å²) in [5, 5.41) is 3.33. The van der Waals surface area contributed by atoms with Crippen LogP contribution in [0.4, 0.5) is 22.7 Å². The molecule has 0 saturated carbocycles. The van der Waals surface area contributed by atoms with Crippen molar-refractivity contribution in [3.8, 4) is 0 Å². The number of rotatable bonds is 5. The summed E-state index contributed by atoms with van der Waals surface area (Å²) >= 11 is 0. The van der Waals surface area contributed by atoms with Crippen LogP contribution < -0.4 is 15.1 Å². The van der Waals surface area contributed by atoms with Crippen LogP contribution in [0.3, 0.4) is 0 Å². The van der Waals surface area contributed by atoms with Crippen LogP contribution >= 0.6 is 0 Å². The van der Waals surface area contributed by atoms with Crippen molar-refractivity contribution in [2.24, 2.45) is 0 Å². The van der Waals surface area contributed by atoms with E-state index in [0.29, 0.717) is 18.9 Å². The fraction of sp³-hybridized carbons (Fsp3) is 0.435. The maximum Gasteiger partial charge on any atom is 0.249 e. The van der Waals surface area contributed by atoms with Gasteiger partial charge in [-0.2, -0.15) is 0 Å². The number of hydrogen-bond acceptors (Lipinski definition) is 6. The molecule has 2 aromatic carbocycles. The Labute approximate surface area is 189 Å². The van der Waals surface area contributed by atoms with E-state index in [1.807, 2.05) is 38.2 Å². The van der Waals surface area contributed by atoms with Crippen molar-refractivity contribution < 1.29 is 17.9 Å². The number of likely N-dealkylation sites (N-methyl/N-ethyl adjacent to an activating group) is 1. The molecule has 1 fully saturated rings. The Bertz CT molecular complexity index is 1110. The highest BCUT2D eigenvalue weighted by Gasteiger charge is 2.38. The Morgan fingerprint density at radius 3 is 2.41 bits per heavy atom. The normalized spacial score (nSPS) is 19.9. The Morgan fingerprint density at radius 1 is 1.03 bits per heavy atom. The number of amides is 1. The quantitative estimate of drug-likeness (QED) is 0.742. The van der Waals surface area contributed by atoms with E-state index in [1.165, 1.54) is 18.4 Å². The molecule has 1 amide bonds. The standard InChI is InChI=1S/C23H30N4O4S/c1-16-23(28)26(4)21-9-8-18(15-22(21)27(16)19-10-12-31-13-11-19)24-17-6-5-7-20(14-17)32(29,30)25(2)3/h5-9,14-16,19,24H,10-13H2,1-4H3/t16-/m1/s1. The van der Waals surface area contributed by atoms with Gasteiger partial charge in [-0.15, -0.1) is 0 Å². The maximum atomic E-state index is 12.9. The van der Waals surface area contributed by atoms with E-state index >= 15 is 0 Å². The Kier molecular flexibility index (Phi) is 6.15. The number of fused-ring (bicyclic) bond motifs is 1. The number of sulfonamides is 1. The second kappa shape index (κ2) is 8.73. The molecule has 0 aliphatic carbocycles. The predicted molar refractivity (Wildman–Crippen MR) is 126 cm³/mol. The van der Waals surface area contributed by atoms with Crippen LogP contribution in [0.2, 0.25) is 0 Å². The lowest BCUT2D eigenvalue weighted by atomic mass is 9.99. The molecular weight excluding hydrogens is 428 g/mol. The summed E-state index contributed by atoms with van der Waals surface area (Å²) in [6, 6.07) is 12.6. The average molecular weight is 459 g/mol. The van der Waals surface area contributed by atoms with Crippen LogP contribution in [0.5, 0.6) is 0 Å². The summed E-state index contributed by atoms with van der Waals surface area (Å²) < 4.78 is 31.7. The van der Waals surface area contributed by atoms with Gasteiger partial charge in [-0.05, 0) is 56.2 Å². The fourth-order valence-electron chi connectivity index (χ4n) is 4.41. The molecule has 172 valence electrons. The average Bonchev–Trinajstić information content (AvgIpc) is 2.78. The first-order valence-corrected chi connectivity index (χ1v) is 12.2. The van der Waals surface area contributed by atoms with Gasteiger partial charge in [0.2, 0.25) is 15.9 Å². The summed E-state index contributed by atoms with van der Waals surface area (Å²) in [6.45, 7) is 3.34. The molecule has 9 heteroatoms. The van der Waals surface area contributed by atoms with E-state index in [1.54, 1.807) is 23.1 Å². The molecule has 0 spiro atoms. The lowest BCUT2D eigenvalue weighted by molar-refractivity contribution is -0.119. The highest BCUT2D eigenvalue weighted by Crippen LogP contribution is 2.40. The number of nitrogens with one attached hydrogen (secondary N) is 1. The van der Waals surface area contributed by atoms with Crippen molar-refractivity contribution in [2.45, 2.75) is 36.7 Å². The first kappa shape index (κ1) is 22.6. The molecule has 32 heavy (non-hydrogen) atoms. The Hall–Kier alpha value is -2.62. The van der Waals surface area contributed by atoms with E-state index in [-0.39, 0.29) is 22.9 Å². The molecule has 1 atom stereocenters. The monoisotopic (exact) mass is 458 g/mol. The number of nitrogens with zero attached hydrogens (tertiary/aromatic N) is 3. The molecule has 2 aliphatic rings. The highest BCUT2D eigenvalue weighted by atomic mass is 32.2. The molecular formula is C23H30N4O4S. The molecule has 0 unspecified atom stereocenters. The third-order valence-corrected chi connectivity index (χ3v) is 8.02. The summed E-state index contributed by atoms with van der Waals surface area (Å²) in [7, 11) is 1.32.